The molecule has 0 bridgehead atoms. The molecule has 0 spiro atoms. The molecule has 0 saturated carbocycles. The third kappa shape index (κ3) is 5.38. The second-order valence-corrected chi connectivity index (χ2v) is 7.17. The molecule has 3 rings (SSSR count). The highest BCUT2D eigenvalue weighted by atomic mass is 19.1. The van der Waals surface area contributed by atoms with Crippen LogP contribution in [0.5, 0.6) is 5.75 Å². The Bertz CT molecular complexity index is 746. The number of carbonyl (C=O) groups is 1. The van der Waals surface area contributed by atoms with E-state index in [9.17, 15) is 9.18 Å². The lowest BCUT2D eigenvalue weighted by Gasteiger charge is -2.36. The zero-order chi connectivity index (χ0) is 19.9. The molecular formula is C22H28FN3O2. The van der Waals surface area contributed by atoms with Crippen molar-refractivity contribution in [1.82, 2.24) is 9.80 Å². The fourth-order valence-electron chi connectivity index (χ4n) is 3.47. The average molecular weight is 385 g/mol. The van der Waals surface area contributed by atoms with E-state index in [1.807, 2.05) is 18.2 Å². The molecule has 0 aromatic heterocycles. The Kier molecular flexibility index (Phi) is 7.14. The van der Waals surface area contributed by atoms with Gasteiger partial charge in [0, 0.05) is 44.7 Å². The Morgan fingerprint density at radius 1 is 1.07 bits per heavy atom. The number of hydrogen-bond acceptors (Lipinski definition) is 5. The molecule has 5 nitrogen and oxygen atoms in total. The van der Waals surface area contributed by atoms with Crippen molar-refractivity contribution < 1.29 is 13.9 Å². The molecule has 1 heterocycles. The molecule has 150 valence electrons. The quantitative estimate of drug-likeness (QED) is 0.559. The number of Topliss-reactive ketones (excluding diaryl/α,β-unsaturated/α-hetero) is 1. The molecule has 2 aromatic carbocycles. The standard InChI is InChI=1S/C22H28FN3O2/c1-28-19-9-7-17(8-10-19)16-25-11-13-26(14-12-25)21(23)15-20(24)22(27)18-5-3-2-4-6-18/h2-10,20-21H,11-16,24H2,1H3. The molecule has 0 amide bonds. The van der Waals surface area contributed by atoms with Crippen molar-refractivity contribution in [3.63, 3.8) is 0 Å². The predicted octanol–water partition coefficient (Wildman–Crippen LogP) is 2.71. The summed E-state index contributed by atoms with van der Waals surface area (Å²) in [7, 11) is 1.65. The van der Waals surface area contributed by atoms with E-state index in [0.717, 1.165) is 25.4 Å². The van der Waals surface area contributed by atoms with Crippen LogP contribution in [-0.2, 0) is 6.54 Å². The molecule has 0 radical (unpaired) electrons. The molecule has 1 aliphatic heterocycles. The molecule has 1 fully saturated rings. The number of hydrogen-bond donors (Lipinski definition) is 1. The summed E-state index contributed by atoms with van der Waals surface area (Å²) in [5, 5.41) is 0. The summed E-state index contributed by atoms with van der Waals surface area (Å²) >= 11 is 0. The van der Waals surface area contributed by atoms with Crippen LogP contribution in [0, 0.1) is 0 Å². The molecule has 6 heteroatoms. The van der Waals surface area contributed by atoms with Crippen LogP contribution in [0.2, 0.25) is 0 Å². The van der Waals surface area contributed by atoms with Crippen molar-refractivity contribution >= 4 is 5.78 Å². The van der Waals surface area contributed by atoms with Crippen molar-refractivity contribution in [3.8, 4) is 5.75 Å². The highest BCUT2D eigenvalue weighted by molar-refractivity contribution is 5.99. The van der Waals surface area contributed by atoms with Gasteiger partial charge in [0.2, 0.25) is 0 Å². The number of halogens is 1. The minimum absolute atomic E-state index is 0.0200. The number of nitrogens with zero attached hydrogens (tertiary/aromatic N) is 2. The molecule has 2 N–H and O–H groups in total. The maximum absolute atomic E-state index is 14.7. The topological polar surface area (TPSA) is 58.8 Å². The second-order valence-electron chi connectivity index (χ2n) is 7.17. The Balaban J connectivity index is 1.45. The average Bonchev–Trinajstić information content (AvgIpc) is 2.74. The van der Waals surface area contributed by atoms with Gasteiger partial charge < -0.3 is 10.5 Å². The highest BCUT2D eigenvalue weighted by Crippen LogP contribution is 2.17. The number of rotatable bonds is 8. The smallest absolute Gasteiger partial charge is 0.179 e. The van der Waals surface area contributed by atoms with Crippen LogP contribution >= 0.6 is 0 Å². The predicted molar refractivity (Wildman–Crippen MR) is 108 cm³/mol. The number of piperazine rings is 1. The van der Waals surface area contributed by atoms with Crippen LogP contribution in [-0.4, -0.2) is 61.2 Å². The van der Waals surface area contributed by atoms with E-state index in [1.54, 1.807) is 36.3 Å². The number of ketones is 1. The Morgan fingerprint density at radius 3 is 2.32 bits per heavy atom. The summed E-state index contributed by atoms with van der Waals surface area (Å²) in [6, 6.07) is 16.0. The lowest BCUT2D eigenvalue weighted by Crippen LogP contribution is -2.50. The summed E-state index contributed by atoms with van der Waals surface area (Å²) in [6.45, 7) is 3.66. The Morgan fingerprint density at radius 2 is 1.71 bits per heavy atom. The molecule has 1 saturated heterocycles. The molecule has 28 heavy (non-hydrogen) atoms. The van der Waals surface area contributed by atoms with Crippen molar-refractivity contribution in [2.24, 2.45) is 5.73 Å². The number of carbonyl (C=O) groups excluding carboxylic acids is 1. The maximum atomic E-state index is 14.7. The van der Waals surface area contributed by atoms with Gasteiger partial charge in [-0.1, -0.05) is 42.5 Å². The van der Waals surface area contributed by atoms with E-state index in [0.29, 0.717) is 18.7 Å². The van der Waals surface area contributed by atoms with E-state index >= 15 is 0 Å². The monoisotopic (exact) mass is 385 g/mol. The summed E-state index contributed by atoms with van der Waals surface area (Å²) < 4.78 is 19.9. The fraction of sp³-hybridized carbons (Fsp3) is 0.409. The van der Waals surface area contributed by atoms with Gasteiger partial charge in [0.25, 0.3) is 0 Å². The Hall–Kier alpha value is -2.28. The van der Waals surface area contributed by atoms with Crippen LogP contribution in [0.25, 0.3) is 0 Å². The summed E-state index contributed by atoms with van der Waals surface area (Å²) in [5.74, 6) is 0.636. The first-order chi connectivity index (χ1) is 13.6. The van der Waals surface area contributed by atoms with Gasteiger partial charge in [-0.25, -0.2) is 4.39 Å². The van der Waals surface area contributed by atoms with E-state index < -0.39 is 12.3 Å². The second kappa shape index (κ2) is 9.78. The van der Waals surface area contributed by atoms with Crippen LogP contribution in [0.3, 0.4) is 0 Å². The molecule has 2 unspecified atom stereocenters. The van der Waals surface area contributed by atoms with Gasteiger partial charge in [-0.2, -0.15) is 0 Å². The summed E-state index contributed by atoms with van der Waals surface area (Å²) in [6.07, 6.45) is -1.18. The molecular weight excluding hydrogens is 357 g/mol. The van der Waals surface area contributed by atoms with Gasteiger partial charge in [0.1, 0.15) is 5.75 Å². The van der Waals surface area contributed by atoms with Gasteiger partial charge in [-0.15, -0.1) is 0 Å². The van der Waals surface area contributed by atoms with Crippen LogP contribution in [0.15, 0.2) is 54.6 Å². The summed E-state index contributed by atoms with van der Waals surface area (Å²) in [4.78, 5) is 16.4. The number of alkyl halides is 1. The Labute approximate surface area is 165 Å². The lowest BCUT2D eigenvalue weighted by atomic mass is 10.0. The zero-order valence-corrected chi connectivity index (χ0v) is 16.3. The van der Waals surface area contributed by atoms with E-state index in [4.69, 9.17) is 10.5 Å². The zero-order valence-electron chi connectivity index (χ0n) is 16.3. The number of methoxy groups -OCH3 is 1. The van der Waals surface area contributed by atoms with E-state index in [2.05, 4.69) is 17.0 Å². The number of ether oxygens (including phenoxy) is 1. The maximum Gasteiger partial charge on any atom is 0.179 e. The largest absolute Gasteiger partial charge is 0.497 e. The van der Waals surface area contributed by atoms with Gasteiger partial charge >= 0.3 is 0 Å². The minimum Gasteiger partial charge on any atom is -0.497 e. The first kappa shape index (κ1) is 20.5. The van der Waals surface area contributed by atoms with Crippen LogP contribution in [0.1, 0.15) is 22.3 Å². The van der Waals surface area contributed by atoms with Gasteiger partial charge in [-0.05, 0) is 17.7 Å². The first-order valence-electron chi connectivity index (χ1n) is 9.65. The van der Waals surface area contributed by atoms with Gasteiger partial charge in [-0.3, -0.25) is 14.6 Å². The summed E-state index contributed by atoms with van der Waals surface area (Å²) in [5.41, 5.74) is 7.72. The van der Waals surface area contributed by atoms with Crippen LogP contribution < -0.4 is 10.5 Å². The molecule has 1 aliphatic rings. The van der Waals surface area contributed by atoms with Gasteiger partial charge in [0.05, 0.1) is 13.2 Å². The molecule has 2 atom stereocenters. The van der Waals surface area contributed by atoms with Crippen molar-refractivity contribution in [1.29, 1.82) is 0 Å². The van der Waals surface area contributed by atoms with Crippen molar-refractivity contribution in [2.75, 3.05) is 33.3 Å². The molecule has 2 aromatic rings. The van der Waals surface area contributed by atoms with E-state index in [1.165, 1.54) is 5.56 Å². The first-order valence-corrected chi connectivity index (χ1v) is 9.65. The number of nitrogens with two attached hydrogens (primary N) is 1. The minimum atomic E-state index is -1.20. The lowest BCUT2D eigenvalue weighted by molar-refractivity contribution is 0.0212. The van der Waals surface area contributed by atoms with Gasteiger partial charge in [0.15, 0.2) is 12.1 Å². The molecule has 0 aliphatic carbocycles. The van der Waals surface area contributed by atoms with Crippen molar-refractivity contribution in [3.05, 3.63) is 65.7 Å². The van der Waals surface area contributed by atoms with Crippen molar-refractivity contribution in [2.45, 2.75) is 25.3 Å². The van der Waals surface area contributed by atoms with E-state index in [-0.39, 0.29) is 12.2 Å². The van der Waals surface area contributed by atoms with Crippen LogP contribution in [0.4, 0.5) is 4.39 Å². The third-order valence-corrected chi connectivity index (χ3v) is 5.21. The number of benzene rings is 2. The third-order valence-electron chi connectivity index (χ3n) is 5.21. The fourth-order valence-corrected chi connectivity index (χ4v) is 3.47. The SMILES string of the molecule is COc1ccc(CN2CCN(C(F)CC(N)C(=O)c3ccccc3)CC2)cc1. The highest BCUT2D eigenvalue weighted by Gasteiger charge is 2.27. The normalized spacial score (nSPS) is 17.8.